The van der Waals surface area contributed by atoms with Crippen LogP contribution in [0, 0.1) is 0 Å². The summed E-state index contributed by atoms with van der Waals surface area (Å²) < 4.78 is 29.1. The van der Waals surface area contributed by atoms with Crippen molar-refractivity contribution in [2.24, 2.45) is 0 Å². The van der Waals surface area contributed by atoms with Gasteiger partial charge in [-0.2, -0.15) is 8.42 Å². The van der Waals surface area contributed by atoms with Crippen LogP contribution in [-0.4, -0.2) is 81.2 Å². The Morgan fingerprint density at radius 2 is 1.94 bits per heavy atom. The molecule has 90 valence electrons. The van der Waals surface area contributed by atoms with Gasteiger partial charge in [0.15, 0.2) is 0 Å². The third-order valence-corrected chi connectivity index (χ3v) is 2.60. The van der Waals surface area contributed by atoms with Crippen LogP contribution >= 0.6 is 0 Å². The average molecular weight is 276 g/mol. The Morgan fingerprint density at radius 3 is 2.31 bits per heavy atom. The third-order valence-electron chi connectivity index (χ3n) is 1.79. The maximum atomic E-state index is 10.6. The van der Waals surface area contributed by atoms with Gasteiger partial charge in [0.1, 0.15) is 0 Å². The molecule has 0 radical (unpaired) electrons. The van der Waals surface area contributed by atoms with Gasteiger partial charge in [-0.05, 0) is 19.3 Å². The molecule has 0 atom stereocenters. The molecule has 0 aromatic carbocycles. The molecule has 0 bridgehead atoms. The molecule has 2 N–H and O–H groups in total. The second-order valence-corrected chi connectivity index (χ2v) is 4.78. The number of unbranched alkanes of at least 4 members (excludes halogenated alkanes) is 1. The zero-order valence-electron chi connectivity index (χ0n) is 8.64. The number of rotatable bonds is 7. The number of carboxylic acids is 1. The van der Waals surface area contributed by atoms with Gasteiger partial charge in [-0.15, -0.1) is 0 Å². The molecule has 0 spiro atoms. The van der Waals surface area contributed by atoms with Gasteiger partial charge in [-0.1, -0.05) is 19.4 Å². The SMILES string of the molecule is CCCC(=CCCCS(=O)(=O)O)C(=O)O.[KH]. The molecule has 0 heterocycles. The van der Waals surface area contributed by atoms with E-state index in [2.05, 4.69) is 0 Å². The van der Waals surface area contributed by atoms with E-state index in [-0.39, 0.29) is 63.6 Å². The molecule has 0 aromatic heterocycles. The zero-order valence-corrected chi connectivity index (χ0v) is 9.46. The number of aliphatic carboxylic acids is 1. The Kier molecular flexibility index (Phi) is 11.6. The Labute approximate surface area is 138 Å². The van der Waals surface area contributed by atoms with Gasteiger partial charge < -0.3 is 5.11 Å². The standard InChI is InChI=1S/C9H16O5S.K.H/c1-2-5-8(9(10)11)6-3-4-7-15(12,13)14;;/h6H,2-5,7H2,1H3,(H,10,11)(H,12,13,14);;. The predicted molar refractivity (Wildman–Crippen MR) is 63.4 cm³/mol. The van der Waals surface area contributed by atoms with E-state index in [0.717, 1.165) is 6.42 Å². The van der Waals surface area contributed by atoms with E-state index in [0.29, 0.717) is 18.4 Å². The van der Waals surface area contributed by atoms with Crippen molar-refractivity contribution in [2.75, 3.05) is 5.75 Å². The molecule has 0 aliphatic heterocycles. The van der Waals surface area contributed by atoms with E-state index in [1.165, 1.54) is 6.08 Å². The Bertz CT molecular complexity index is 334. The van der Waals surface area contributed by atoms with Crippen molar-refractivity contribution >= 4 is 67.5 Å². The van der Waals surface area contributed by atoms with Gasteiger partial charge in [0.25, 0.3) is 10.1 Å². The monoisotopic (exact) mass is 276 g/mol. The molecule has 0 aromatic rings. The fraction of sp³-hybridized carbons (Fsp3) is 0.667. The number of allylic oxidation sites excluding steroid dienone is 1. The van der Waals surface area contributed by atoms with Gasteiger partial charge >= 0.3 is 57.4 Å². The number of carbonyl (C=O) groups is 1. The molecule has 0 aliphatic carbocycles. The molecule has 0 rings (SSSR count). The Hall–Kier alpha value is 0.756. The molecule has 5 nitrogen and oxygen atoms in total. The van der Waals surface area contributed by atoms with Crippen LogP contribution in [0.4, 0.5) is 0 Å². The van der Waals surface area contributed by atoms with Crippen LogP contribution < -0.4 is 0 Å². The second kappa shape index (κ2) is 9.75. The van der Waals surface area contributed by atoms with Crippen LogP contribution in [0.2, 0.25) is 0 Å². The molecular formula is C9H17KO5S. The molecule has 0 unspecified atom stereocenters. The van der Waals surface area contributed by atoms with Crippen LogP contribution in [0.1, 0.15) is 32.6 Å². The van der Waals surface area contributed by atoms with Crippen molar-refractivity contribution in [1.82, 2.24) is 0 Å². The van der Waals surface area contributed by atoms with Crippen molar-refractivity contribution in [3.05, 3.63) is 11.6 Å². The normalized spacial score (nSPS) is 12.0. The molecule has 16 heavy (non-hydrogen) atoms. The van der Waals surface area contributed by atoms with Crippen molar-refractivity contribution in [3.8, 4) is 0 Å². The Morgan fingerprint density at radius 1 is 1.38 bits per heavy atom. The van der Waals surface area contributed by atoms with E-state index < -0.39 is 16.1 Å². The van der Waals surface area contributed by atoms with Crippen molar-refractivity contribution in [2.45, 2.75) is 32.6 Å². The van der Waals surface area contributed by atoms with Crippen LogP contribution in [0.15, 0.2) is 11.6 Å². The molecule has 7 heteroatoms. The fourth-order valence-electron chi connectivity index (χ4n) is 1.11. The molecule has 0 fully saturated rings. The molecule has 0 saturated carbocycles. The van der Waals surface area contributed by atoms with Crippen LogP contribution in [-0.2, 0) is 14.9 Å². The molecule has 0 aliphatic rings. The summed E-state index contributed by atoms with van der Waals surface area (Å²) in [6.07, 6.45) is 3.30. The molecule has 0 amide bonds. The van der Waals surface area contributed by atoms with Gasteiger partial charge in [0, 0.05) is 5.57 Å². The summed E-state index contributed by atoms with van der Waals surface area (Å²) in [5.41, 5.74) is 0.299. The predicted octanol–water partition coefficient (Wildman–Crippen LogP) is 0.817. The summed E-state index contributed by atoms with van der Waals surface area (Å²) in [5, 5.41) is 8.73. The van der Waals surface area contributed by atoms with Crippen molar-refractivity contribution < 1.29 is 22.9 Å². The summed E-state index contributed by atoms with van der Waals surface area (Å²) in [4.78, 5) is 10.6. The number of carboxylic acid groups (broad SMARTS) is 1. The number of hydrogen-bond donors (Lipinski definition) is 2. The van der Waals surface area contributed by atoms with Crippen molar-refractivity contribution in [1.29, 1.82) is 0 Å². The summed E-state index contributed by atoms with van der Waals surface area (Å²) in [5.74, 6) is -1.30. The van der Waals surface area contributed by atoms with Crippen molar-refractivity contribution in [3.63, 3.8) is 0 Å². The first-order valence-corrected chi connectivity index (χ1v) is 6.35. The van der Waals surface area contributed by atoms with E-state index in [1.54, 1.807) is 0 Å². The van der Waals surface area contributed by atoms with Crippen LogP contribution in [0.25, 0.3) is 0 Å². The number of hydrogen-bond acceptors (Lipinski definition) is 3. The van der Waals surface area contributed by atoms with Gasteiger partial charge in [0.2, 0.25) is 0 Å². The molecule has 0 saturated heterocycles. The second-order valence-electron chi connectivity index (χ2n) is 3.21. The first kappa shape index (κ1) is 19.1. The summed E-state index contributed by atoms with van der Waals surface area (Å²) in [6.45, 7) is 1.87. The van der Waals surface area contributed by atoms with Crippen LogP contribution in [0.5, 0.6) is 0 Å². The van der Waals surface area contributed by atoms with Gasteiger partial charge in [-0.3, -0.25) is 4.55 Å². The minimum absolute atomic E-state index is 0. The van der Waals surface area contributed by atoms with E-state index in [9.17, 15) is 13.2 Å². The molecular weight excluding hydrogens is 259 g/mol. The van der Waals surface area contributed by atoms with Gasteiger partial charge in [-0.25, -0.2) is 4.79 Å². The fourth-order valence-corrected chi connectivity index (χ4v) is 1.64. The summed E-state index contributed by atoms with van der Waals surface area (Å²) in [7, 11) is -3.93. The maximum absolute atomic E-state index is 10.6. The van der Waals surface area contributed by atoms with Crippen LogP contribution in [0.3, 0.4) is 0 Å². The van der Waals surface area contributed by atoms with Gasteiger partial charge in [0.05, 0.1) is 5.75 Å². The quantitative estimate of drug-likeness (QED) is 0.311. The van der Waals surface area contributed by atoms with E-state index in [1.807, 2.05) is 6.92 Å². The van der Waals surface area contributed by atoms with E-state index >= 15 is 0 Å². The third kappa shape index (κ3) is 11.2. The zero-order chi connectivity index (χ0) is 11.9. The Balaban J connectivity index is 0. The average Bonchev–Trinajstić information content (AvgIpc) is 2.08. The first-order chi connectivity index (χ1) is 6.87. The van der Waals surface area contributed by atoms with E-state index in [4.69, 9.17) is 9.66 Å². The minimum atomic E-state index is -3.93. The summed E-state index contributed by atoms with van der Waals surface area (Å²) >= 11 is 0. The first-order valence-electron chi connectivity index (χ1n) is 4.74. The summed E-state index contributed by atoms with van der Waals surface area (Å²) in [6, 6.07) is 0. The topological polar surface area (TPSA) is 91.7 Å².